The highest BCUT2D eigenvalue weighted by Gasteiger charge is 2.30. The molecule has 6 heteroatoms. The third kappa shape index (κ3) is 4.16. The molecule has 0 radical (unpaired) electrons. The van der Waals surface area contributed by atoms with E-state index in [-0.39, 0.29) is 0 Å². The third-order valence-corrected chi connectivity index (χ3v) is 6.88. The largest absolute Gasteiger partial charge is 0.279 e. The van der Waals surface area contributed by atoms with Crippen LogP contribution < -0.4 is 4.72 Å². The number of nitrogens with zero attached hydrogens (tertiary/aromatic N) is 1. The molecule has 1 heterocycles. The molecule has 2 aliphatic rings. The van der Waals surface area contributed by atoms with Gasteiger partial charge in [0.25, 0.3) is 10.2 Å². The fourth-order valence-electron chi connectivity index (χ4n) is 3.25. The lowest BCUT2D eigenvalue weighted by Crippen LogP contribution is -2.46. The van der Waals surface area contributed by atoms with Gasteiger partial charge in [0.15, 0.2) is 0 Å². The summed E-state index contributed by atoms with van der Waals surface area (Å²) in [4.78, 5) is 0. The standard InChI is InChI=1S/C13H25BrN2O2S/c1-11-4-3-7-16(10-11)19(17,18)15-9-13-6-2-5-12(13)8-14/h11-13,15H,2-10H2,1H3. The molecule has 112 valence electrons. The molecule has 2 fully saturated rings. The topological polar surface area (TPSA) is 49.4 Å². The van der Waals surface area contributed by atoms with Gasteiger partial charge in [-0.2, -0.15) is 12.7 Å². The van der Waals surface area contributed by atoms with E-state index in [2.05, 4.69) is 27.6 Å². The first kappa shape index (κ1) is 15.7. The van der Waals surface area contributed by atoms with Crippen LogP contribution in [0.1, 0.15) is 39.0 Å². The number of halogens is 1. The molecule has 1 saturated carbocycles. The minimum atomic E-state index is -3.27. The van der Waals surface area contributed by atoms with Gasteiger partial charge >= 0.3 is 0 Å². The highest BCUT2D eigenvalue weighted by molar-refractivity contribution is 9.09. The van der Waals surface area contributed by atoms with E-state index in [1.165, 1.54) is 12.8 Å². The zero-order chi connectivity index (χ0) is 13.9. The maximum atomic E-state index is 12.3. The van der Waals surface area contributed by atoms with E-state index in [1.54, 1.807) is 4.31 Å². The van der Waals surface area contributed by atoms with Crippen molar-refractivity contribution in [1.29, 1.82) is 0 Å². The first-order valence-corrected chi connectivity index (χ1v) is 9.90. The molecule has 19 heavy (non-hydrogen) atoms. The zero-order valence-electron chi connectivity index (χ0n) is 11.6. The molecule has 0 bridgehead atoms. The smallest absolute Gasteiger partial charge is 0.202 e. The Hall–Kier alpha value is 0.350. The maximum Gasteiger partial charge on any atom is 0.279 e. The Morgan fingerprint density at radius 1 is 1.21 bits per heavy atom. The predicted molar refractivity (Wildman–Crippen MR) is 81.5 cm³/mol. The van der Waals surface area contributed by atoms with Crippen molar-refractivity contribution in [3.63, 3.8) is 0 Å². The summed E-state index contributed by atoms with van der Waals surface area (Å²) in [5.74, 6) is 1.60. The van der Waals surface area contributed by atoms with Crippen molar-refractivity contribution in [2.45, 2.75) is 39.0 Å². The second-order valence-electron chi connectivity index (χ2n) is 6.06. The summed E-state index contributed by atoms with van der Waals surface area (Å²) in [5, 5.41) is 0.986. The minimum Gasteiger partial charge on any atom is -0.202 e. The zero-order valence-corrected chi connectivity index (χ0v) is 14.0. The molecule has 3 atom stereocenters. The summed E-state index contributed by atoms with van der Waals surface area (Å²) >= 11 is 3.53. The van der Waals surface area contributed by atoms with Crippen LogP contribution in [0.2, 0.25) is 0 Å². The van der Waals surface area contributed by atoms with Crippen molar-refractivity contribution in [1.82, 2.24) is 9.03 Å². The number of piperidine rings is 1. The average Bonchev–Trinajstić information content (AvgIpc) is 2.84. The lowest BCUT2D eigenvalue weighted by Gasteiger charge is -2.30. The lowest BCUT2D eigenvalue weighted by atomic mass is 9.99. The summed E-state index contributed by atoms with van der Waals surface area (Å²) in [5.41, 5.74) is 0. The molecule has 4 nitrogen and oxygen atoms in total. The Morgan fingerprint density at radius 3 is 2.63 bits per heavy atom. The minimum absolute atomic E-state index is 0.479. The van der Waals surface area contributed by atoms with Gasteiger partial charge in [-0.25, -0.2) is 4.72 Å². The van der Waals surface area contributed by atoms with Gasteiger partial charge in [0, 0.05) is 25.0 Å². The molecule has 1 aliphatic heterocycles. The highest BCUT2D eigenvalue weighted by Crippen LogP contribution is 2.32. The van der Waals surface area contributed by atoms with Crippen molar-refractivity contribution in [3.8, 4) is 0 Å². The summed E-state index contributed by atoms with van der Waals surface area (Å²) in [6.45, 7) is 4.07. The highest BCUT2D eigenvalue weighted by atomic mass is 79.9. The van der Waals surface area contributed by atoms with Gasteiger partial charge in [0.05, 0.1) is 0 Å². The Labute approximate surface area is 125 Å². The first-order chi connectivity index (χ1) is 9.03. The number of hydrogen-bond acceptors (Lipinski definition) is 2. The van der Waals surface area contributed by atoms with Crippen LogP contribution >= 0.6 is 15.9 Å². The van der Waals surface area contributed by atoms with E-state index in [0.29, 0.717) is 37.4 Å². The van der Waals surface area contributed by atoms with E-state index >= 15 is 0 Å². The van der Waals surface area contributed by atoms with E-state index in [0.717, 1.165) is 24.6 Å². The van der Waals surface area contributed by atoms with Crippen molar-refractivity contribution in [3.05, 3.63) is 0 Å². The molecular formula is C13H25BrN2O2S. The van der Waals surface area contributed by atoms with Crippen LogP contribution in [0.4, 0.5) is 0 Å². The predicted octanol–water partition coefficient (Wildman–Crippen LogP) is 2.36. The molecule has 0 amide bonds. The normalized spacial score (nSPS) is 33.7. The summed E-state index contributed by atoms with van der Waals surface area (Å²) in [7, 11) is -3.27. The number of alkyl halides is 1. The van der Waals surface area contributed by atoms with E-state index in [9.17, 15) is 8.42 Å². The molecule has 3 unspecified atom stereocenters. The third-order valence-electron chi connectivity index (χ3n) is 4.50. The van der Waals surface area contributed by atoms with Crippen LogP contribution in [0.25, 0.3) is 0 Å². The van der Waals surface area contributed by atoms with Crippen molar-refractivity contribution < 1.29 is 8.42 Å². The quantitative estimate of drug-likeness (QED) is 0.772. The Morgan fingerprint density at radius 2 is 1.95 bits per heavy atom. The average molecular weight is 353 g/mol. The van der Waals surface area contributed by atoms with Gasteiger partial charge in [-0.15, -0.1) is 0 Å². The Kier molecular flexibility index (Phi) is 5.69. The van der Waals surface area contributed by atoms with Gasteiger partial charge in [-0.05, 0) is 43.4 Å². The fourth-order valence-corrected chi connectivity index (χ4v) is 5.53. The molecule has 0 spiro atoms. The molecule has 0 aromatic rings. The van der Waals surface area contributed by atoms with E-state index in [1.807, 2.05) is 0 Å². The molecule has 1 saturated heterocycles. The van der Waals surface area contributed by atoms with Crippen LogP contribution in [0.5, 0.6) is 0 Å². The maximum absolute atomic E-state index is 12.3. The second kappa shape index (κ2) is 6.87. The Balaban J connectivity index is 1.86. The SMILES string of the molecule is CC1CCCN(S(=O)(=O)NCC2CCCC2CBr)C1. The van der Waals surface area contributed by atoms with Crippen LogP contribution in [-0.4, -0.2) is 37.7 Å². The van der Waals surface area contributed by atoms with E-state index in [4.69, 9.17) is 0 Å². The molecular weight excluding hydrogens is 328 g/mol. The van der Waals surface area contributed by atoms with Crippen LogP contribution in [0, 0.1) is 17.8 Å². The van der Waals surface area contributed by atoms with Crippen LogP contribution in [-0.2, 0) is 10.2 Å². The van der Waals surface area contributed by atoms with Crippen LogP contribution in [0.3, 0.4) is 0 Å². The van der Waals surface area contributed by atoms with Gasteiger partial charge in [-0.3, -0.25) is 0 Å². The lowest BCUT2D eigenvalue weighted by molar-refractivity contribution is 0.276. The fraction of sp³-hybridized carbons (Fsp3) is 1.00. The van der Waals surface area contributed by atoms with Crippen molar-refractivity contribution in [2.75, 3.05) is 25.0 Å². The second-order valence-corrected chi connectivity index (χ2v) is 8.47. The number of rotatable bonds is 5. The molecule has 2 rings (SSSR count). The summed E-state index contributed by atoms with van der Waals surface area (Å²) in [6, 6.07) is 0. The van der Waals surface area contributed by atoms with Gasteiger partial charge < -0.3 is 0 Å². The van der Waals surface area contributed by atoms with Crippen molar-refractivity contribution in [2.24, 2.45) is 17.8 Å². The Bertz CT molecular complexity index is 388. The van der Waals surface area contributed by atoms with E-state index < -0.39 is 10.2 Å². The monoisotopic (exact) mass is 352 g/mol. The van der Waals surface area contributed by atoms with Crippen LogP contribution in [0.15, 0.2) is 0 Å². The molecule has 0 aromatic carbocycles. The van der Waals surface area contributed by atoms with Gasteiger partial charge in [-0.1, -0.05) is 29.3 Å². The van der Waals surface area contributed by atoms with Gasteiger partial charge in [0.1, 0.15) is 0 Å². The molecule has 1 N–H and O–H groups in total. The molecule has 1 aliphatic carbocycles. The first-order valence-electron chi connectivity index (χ1n) is 7.33. The summed E-state index contributed by atoms with van der Waals surface area (Å²) in [6.07, 6.45) is 5.72. The number of hydrogen-bond donors (Lipinski definition) is 1. The van der Waals surface area contributed by atoms with Gasteiger partial charge in [0.2, 0.25) is 0 Å². The molecule has 0 aromatic heterocycles. The number of nitrogens with one attached hydrogen (secondary N) is 1. The summed E-state index contributed by atoms with van der Waals surface area (Å²) < 4.78 is 29.0. The van der Waals surface area contributed by atoms with Crippen molar-refractivity contribution >= 4 is 26.1 Å².